The maximum Gasteiger partial charge on any atom is 0.251 e. The van der Waals surface area contributed by atoms with Crippen LogP contribution in [-0.2, 0) is 4.74 Å². The highest BCUT2D eigenvalue weighted by molar-refractivity contribution is 5.96. The zero-order chi connectivity index (χ0) is 22.0. The molecule has 164 valence electrons. The number of nitrogens with one attached hydrogen (secondary N) is 2. The van der Waals surface area contributed by atoms with Crippen molar-refractivity contribution in [3.63, 3.8) is 0 Å². The fourth-order valence-corrected chi connectivity index (χ4v) is 3.62. The molecule has 1 atom stereocenters. The van der Waals surface area contributed by atoms with Crippen molar-refractivity contribution < 1.29 is 9.53 Å². The summed E-state index contributed by atoms with van der Waals surface area (Å²) in [7, 11) is 0. The molecule has 0 spiro atoms. The lowest BCUT2D eigenvalue weighted by atomic mass is 10.0. The maximum atomic E-state index is 12.4. The third-order valence-corrected chi connectivity index (χ3v) is 5.46. The molecule has 1 aromatic carbocycles. The smallest absolute Gasteiger partial charge is 0.251 e. The van der Waals surface area contributed by atoms with E-state index in [1.807, 2.05) is 48.8 Å². The molecule has 4 rings (SSSR count). The molecule has 0 radical (unpaired) electrons. The van der Waals surface area contributed by atoms with Crippen LogP contribution in [0.3, 0.4) is 0 Å². The Kier molecular flexibility index (Phi) is 6.23. The van der Waals surface area contributed by atoms with E-state index in [0.717, 1.165) is 65.3 Å². The molecule has 2 heterocycles. The number of ether oxygens (including phenoxy) is 1. The summed E-state index contributed by atoms with van der Waals surface area (Å²) >= 11 is 0. The lowest BCUT2D eigenvalue weighted by molar-refractivity contribution is 0.0752. The predicted molar refractivity (Wildman–Crippen MR) is 123 cm³/mol. The Morgan fingerprint density at radius 1 is 1.29 bits per heavy atom. The van der Waals surface area contributed by atoms with Crippen molar-refractivity contribution in [1.29, 1.82) is 0 Å². The fourth-order valence-electron chi connectivity index (χ4n) is 3.62. The largest absolute Gasteiger partial charge is 0.379 e. The zero-order valence-electron chi connectivity index (χ0n) is 18.7. The normalized spacial score (nSPS) is 14.6. The highest BCUT2D eigenvalue weighted by Crippen LogP contribution is 2.27. The van der Waals surface area contributed by atoms with Crippen molar-refractivity contribution in [2.24, 2.45) is 0 Å². The van der Waals surface area contributed by atoms with Gasteiger partial charge in [0.1, 0.15) is 0 Å². The molecule has 1 fully saturated rings. The van der Waals surface area contributed by atoms with Gasteiger partial charge in [-0.2, -0.15) is 5.10 Å². The number of nitrogens with zero attached hydrogens (tertiary/aromatic N) is 3. The number of aromatic nitrogens is 3. The number of hydrogen-bond acceptors (Lipinski definition) is 5. The number of aryl methyl sites for hydroxylation is 2. The van der Waals surface area contributed by atoms with E-state index >= 15 is 0 Å². The summed E-state index contributed by atoms with van der Waals surface area (Å²) < 4.78 is 7.63. The molecule has 0 bridgehead atoms. The van der Waals surface area contributed by atoms with E-state index in [1.54, 1.807) is 0 Å². The van der Waals surface area contributed by atoms with Crippen LogP contribution >= 0.6 is 0 Å². The van der Waals surface area contributed by atoms with Crippen molar-refractivity contribution in [3.8, 4) is 11.3 Å². The lowest BCUT2D eigenvalue weighted by Crippen LogP contribution is -2.26. The Morgan fingerprint density at radius 3 is 2.81 bits per heavy atom. The summed E-state index contributed by atoms with van der Waals surface area (Å²) in [6.07, 6.45) is 5.11. The highest BCUT2D eigenvalue weighted by Gasteiger charge is 2.24. The van der Waals surface area contributed by atoms with Crippen LogP contribution in [0.2, 0.25) is 0 Å². The number of amides is 1. The fraction of sp³-hybridized carbons (Fsp3) is 0.458. The van der Waals surface area contributed by atoms with Gasteiger partial charge in [-0.1, -0.05) is 13.0 Å². The second-order valence-electron chi connectivity index (χ2n) is 8.42. The molecule has 3 aromatic rings. The summed E-state index contributed by atoms with van der Waals surface area (Å²) in [4.78, 5) is 17.1. The van der Waals surface area contributed by atoms with Crippen molar-refractivity contribution in [3.05, 3.63) is 47.3 Å². The number of carbonyl (C=O) groups excluding carboxylic acids is 1. The summed E-state index contributed by atoms with van der Waals surface area (Å²) in [6.45, 7) is 9.57. The minimum Gasteiger partial charge on any atom is -0.379 e. The second kappa shape index (κ2) is 9.06. The zero-order valence-corrected chi connectivity index (χ0v) is 18.7. The number of anilines is 1. The average Bonchev–Trinajstić information content (AvgIpc) is 3.45. The van der Waals surface area contributed by atoms with Gasteiger partial charge in [0.05, 0.1) is 29.4 Å². The standard InChI is InChI=1S/C24H31N5O2/c1-5-10-31-17(4)13-25-21-12-16(3)28-29-22(14-26-23(21)29)18-6-9-20(15(2)11-18)24(30)27-19-7-8-19/h6,9,11-12,14,17,19,25H,5,7-8,10,13H2,1-4H3,(H,27,30). The number of fused-ring (bicyclic) bond motifs is 1. The van der Waals surface area contributed by atoms with Crippen molar-refractivity contribution in [2.75, 3.05) is 18.5 Å². The molecule has 1 amide bonds. The maximum absolute atomic E-state index is 12.4. The van der Waals surface area contributed by atoms with Crippen LogP contribution in [0.15, 0.2) is 30.5 Å². The topological polar surface area (TPSA) is 80.5 Å². The Bertz CT molecular complexity index is 1090. The van der Waals surface area contributed by atoms with Crippen LogP contribution in [0, 0.1) is 13.8 Å². The quantitative estimate of drug-likeness (QED) is 0.543. The lowest BCUT2D eigenvalue weighted by Gasteiger charge is -2.15. The summed E-state index contributed by atoms with van der Waals surface area (Å²) in [6, 6.07) is 8.25. The van der Waals surface area contributed by atoms with Crippen LogP contribution in [0.4, 0.5) is 5.69 Å². The molecule has 31 heavy (non-hydrogen) atoms. The van der Waals surface area contributed by atoms with Crippen LogP contribution in [0.5, 0.6) is 0 Å². The van der Waals surface area contributed by atoms with Crippen LogP contribution in [0.1, 0.15) is 54.7 Å². The summed E-state index contributed by atoms with van der Waals surface area (Å²) in [5.41, 5.74) is 6.15. The number of carbonyl (C=O) groups is 1. The number of benzene rings is 1. The molecule has 7 nitrogen and oxygen atoms in total. The minimum atomic E-state index is 0.00422. The van der Waals surface area contributed by atoms with E-state index in [1.165, 1.54) is 0 Å². The Labute approximate surface area is 183 Å². The van der Waals surface area contributed by atoms with E-state index in [-0.39, 0.29) is 12.0 Å². The van der Waals surface area contributed by atoms with Gasteiger partial charge in [-0.05, 0) is 63.8 Å². The third kappa shape index (κ3) is 4.88. The van der Waals surface area contributed by atoms with E-state index in [4.69, 9.17) is 4.74 Å². The molecule has 2 aromatic heterocycles. The molecule has 0 saturated heterocycles. The Balaban J connectivity index is 1.59. The average molecular weight is 422 g/mol. The van der Waals surface area contributed by atoms with Gasteiger partial charge in [-0.25, -0.2) is 9.50 Å². The minimum absolute atomic E-state index is 0.00422. The summed E-state index contributed by atoms with van der Waals surface area (Å²) in [5.74, 6) is 0.00422. The predicted octanol–water partition coefficient (Wildman–Crippen LogP) is 4.13. The van der Waals surface area contributed by atoms with Gasteiger partial charge in [-0.15, -0.1) is 0 Å². The van der Waals surface area contributed by atoms with E-state index in [2.05, 4.69) is 34.6 Å². The molecular formula is C24H31N5O2. The van der Waals surface area contributed by atoms with Gasteiger partial charge in [0.2, 0.25) is 0 Å². The van der Waals surface area contributed by atoms with Gasteiger partial charge in [0, 0.05) is 30.3 Å². The molecule has 7 heteroatoms. The molecule has 1 unspecified atom stereocenters. The van der Waals surface area contributed by atoms with Gasteiger partial charge in [0.15, 0.2) is 5.65 Å². The molecular weight excluding hydrogens is 390 g/mol. The highest BCUT2D eigenvalue weighted by atomic mass is 16.5. The Hall–Kier alpha value is -2.93. The van der Waals surface area contributed by atoms with Crippen LogP contribution in [0.25, 0.3) is 16.9 Å². The second-order valence-corrected chi connectivity index (χ2v) is 8.42. The van der Waals surface area contributed by atoms with Crippen LogP contribution in [-0.4, -0.2) is 45.8 Å². The summed E-state index contributed by atoms with van der Waals surface area (Å²) in [5, 5.41) is 11.2. The first-order valence-corrected chi connectivity index (χ1v) is 11.1. The monoisotopic (exact) mass is 421 g/mol. The van der Waals surface area contributed by atoms with Gasteiger partial charge in [-0.3, -0.25) is 4.79 Å². The number of imidazole rings is 1. The van der Waals surface area contributed by atoms with Gasteiger partial charge >= 0.3 is 0 Å². The third-order valence-electron chi connectivity index (χ3n) is 5.46. The van der Waals surface area contributed by atoms with Crippen molar-refractivity contribution in [1.82, 2.24) is 19.9 Å². The van der Waals surface area contributed by atoms with E-state index in [0.29, 0.717) is 12.6 Å². The first-order chi connectivity index (χ1) is 15.0. The van der Waals surface area contributed by atoms with E-state index < -0.39 is 0 Å². The molecule has 1 aliphatic carbocycles. The first kappa shape index (κ1) is 21.3. The molecule has 2 N–H and O–H groups in total. The van der Waals surface area contributed by atoms with Crippen LogP contribution < -0.4 is 10.6 Å². The first-order valence-electron chi connectivity index (χ1n) is 11.1. The molecule has 1 saturated carbocycles. The van der Waals surface area contributed by atoms with Crippen molar-refractivity contribution >= 4 is 17.2 Å². The number of rotatable bonds is 9. The number of hydrogen-bond donors (Lipinski definition) is 2. The van der Waals surface area contributed by atoms with Gasteiger partial charge in [0.25, 0.3) is 5.91 Å². The SMILES string of the molecule is CCCOC(C)CNc1cc(C)nn2c(-c3ccc(C(=O)NC4CC4)c(C)c3)cnc12. The molecule has 1 aliphatic rings. The van der Waals surface area contributed by atoms with Gasteiger partial charge < -0.3 is 15.4 Å². The van der Waals surface area contributed by atoms with E-state index in [9.17, 15) is 4.79 Å². The Morgan fingerprint density at radius 2 is 2.10 bits per heavy atom. The molecule has 0 aliphatic heterocycles. The van der Waals surface area contributed by atoms with Crippen molar-refractivity contribution in [2.45, 2.75) is 59.1 Å².